The molecule has 3 rings (SSSR count). The second kappa shape index (κ2) is 25.5. The van der Waals surface area contributed by atoms with Crippen LogP contribution in [0.1, 0.15) is 111 Å². The summed E-state index contributed by atoms with van der Waals surface area (Å²) in [5.41, 5.74) is 1.08. The highest BCUT2D eigenvalue weighted by Gasteiger charge is 2.44. The van der Waals surface area contributed by atoms with Crippen molar-refractivity contribution in [2.75, 3.05) is 41.9 Å². The number of hydrogen-bond donors (Lipinski definition) is 3. The van der Waals surface area contributed by atoms with Gasteiger partial charge in [0.2, 0.25) is 29.5 Å². The number of carbonyl (C=O) groups is 5. The smallest absolute Gasteiger partial charge is 0.245 e. The van der Waals surface area contributed by atoms with Crippen LogP contribution in [0, 0.1) is 29.6 Å². The molecule has 4 unspecified atom stereocenters. The van der Waals surface area contributed by atoms with Gasteiger partial charge in [0.15, 0.2) is 0 Å². The van der Waals surface area contributed by atoms with Crippen molar-refractivity contribution in [3.8, 4) is 0 Å². The second-order valence-electron chi connectivity index (χ2n) is 18.5. The fourth-order valence-corrected chi connectivity index (χ4v) is 9.85. The molecule has 0 aliphatic carbocycles. The molecule has 354 valence electrons. The number of benzene rings is 1. The quantitative estimate of drug-likeness (QED) is 0.113. The number of nitrogens with zero attached hydrogens (tertiary/aromatic N) is 4. The summed E-state index contributed by atoms with van der Waals surface area (Å²) in [6.45, 7) is 18.1. The molecule has 0 saturated carbocycles. The van der Waals surface area contributed by atoms with Gasteiger partial charge in [0.05, 0.1) is 48.7 Å². The van der Waals surface area contributed by atoms with Gasteiger partial charge in [0.25, 0.3) is 0 Å². The molecule has 1 aromatic carbocycles. The van der Waals surface area contributed by atoms with Gasteiger partial charge >= 0.3 is 0 Å². The highest BCUT2D eigenvalue weighted by atomic mass is 32.1. The minimum atomic E-state index is -0.899. The predicted molar refractivity (Wildman–Crippen MR) is 250 cm³/mol. The first-order valence-corrected chi connectivity index (χ1v) is 23.8. The molecule has 5 amide bonds. The van der Waals surface area contributed by atoms with E-state index in [1.807, 2.05) is 103 Å². The van der Waals surface area contributed by atoms with Gasteiger partial charge in [0.1, 0.15) is 17.1 Å². The van der Waals surface area contributed by atoms with Crippen molar-refractivity contribution in [1.29, 1.82) is 0 Å². The third kappa shape index (κ3) is 14.3. The van der Waals surface area contributed by atoms with E-state index in [0.717, 1.165) is 17.0 Å². The number of carbonyl (C=O) groups excluding carboxylic acids is 5. The monoisotopic (exact) mass is 898 g/mol. The number of aromatic nitrogens is 1. The summed E-state index contributed by atoms with van der Waals surface area (Å²) >= 11 is 1.50. The largest absolute Gasteiger partial charge is 0.379 e. The van der Waals surface area contributed by atoms with E-state index in [9.17, 15) is 24.0 Å². The van der Waals surface area contributed by atoms with E-state index in [0.29, 0.717) is 32.2 Å². The van der Waals surface area contributed by atoms with Crippen LogP contribution in [0.3, 0.4) is 0 Å². The Morgan fingerprint density at radius 2 is 1.56 bits per heavy atom. The van der Waals surface area contributed by atoms with Gasteiger partial charge in [-0.1, -0.05) is 99.1 Å². The number of ether oxygens (including phenoxy) is 2. The Morgan fingerprint density at radius 1 is 0.889 bits per heavy atom. The molecule has 0 spiro atoms. The molecular weight excluding hydrogens is 819 g/mol. The molecule has 1 aliphatic heterocycles. The van der Waals surface area contributed by atoms with Crippen molar-refractivity contribution in [3.05, 3.63) is 52.5 Å². The lowest BCUT2D eigenvalue weighted by Crippen LogP contribution is -2.61. The van der Waals surface area contributed by atoms with Crippen LogP contribution in [0.2, 0.25) is 0 Å². The van der Waals surface area contributed by atoms with Gasteiger partial charge in [-0.05, 0) is 62.0 Å². The van der Waals surface area contributed by atoms with Crippen LogP contribution in [0.15, 0.2) is 41.9 Å². The first-order chi connectivity index (χ1) is 29.8. The Bertz CT molecular complexity index is 1730. The Morgan fingerprint density at radius 3 is 2.08 bits per heavy atom. The van der Waals surface area contributed by atoms with Crippen molar-refractivity contribution in [1.82, 2.24) is 35.6 Å². The number of rotatable bonds is 25. The molecule has 2 aromatic rings. The number of nitrogens with one attached hydrogen (secondary N) is 3. The topological polar surface area (TPSA) is 163 Å². The first-order valence-electron chi connectivity index (χ1n) is 22.9. The lowest BCUT2D eigenvalue weighted by molar-refractivity contribution is -0.149. The van der Waals surface area contributed by atoms with Crippen LogP contribution in [0.5, 0.6) is 0 Å². The zero-order valence-electron chi connectivity index (χ0n) is 40.6. The number of hydrogen-bond acceptors (Lipinski definition) is 10. The number of likely N-dealkylation sites (tertiary alicyclic amines) is 1. The third-order valence-corrected chi connectivity index (χ3v) is 13.7. The SMILES string of the molecule is CC[C@H](C)[C@@H]([C@@H](CC(=O)N1CCCC1[C@H](OC)[C@@H](C)C(=O)N[C@@H](Cc1ccccc1)c1nccs1)OC)N(C)C(=O)C(NC(=O)C(C(C)C)N(C)C(=O)C(CC(C)C)NC)C(C)C. The lowest BCUT2D eigenvalue weighted by Gasteiger charge is -2.41. The molecule has 3 N–H and O–H groups in total. The van der Waals surface area contributed by atoms with Crippen LogP contribution < -0.4 is 16.0 Å². The van der Waals surface area contributed by atoms with Gasteiger partial charge in [-0.25, -0.2) is 4.98 Å². The van der Waals surface area contributed by atoms with E-state index in [1.54, 1.807) is 46.5 Å². The van der Waals surface area contributed by atoms with Crippen molar-refractivity contribution in [2.24, 2.45) is 29.6 Å². The Hall–Kier alpha value is -3.92. The van der Waals surface area contributed by atoms with Crippen LogP contribution in [0.25, 0.3) is 0 Å². The third-order valence-electron chi connectivity index (χ3n) is 12.9. The number of likely N-dealkylation sites (N-methyl/N-ethyl adjacent to an activating group) is 3. The van der Waals surface area contributed by atoms with Gasteiger partial charge in [-0.15, -0.1) is 11.3 Å². The molecule has 0 bridgehead atoms. The minimum Gasteiger partial charge on any atom is -0.379 e. The average molecular weight is 898 g/mol. The normalized spacial score (nSPS) is 18.6. The highest BCUT2D eigenvalue weighted by molar-refractivity contribution is 7.09. The van der Waals surface area contributed by atoms with Crippen LogP contribution in [0.4, 0.5) is 0 Å². The maximum absolute atomic E-state index is 14.6. The van der Waals surface area contributed by atoms with Crippen LogP contribution >= 0.6 is 11.3 Å². The summed E-state index contributed by atoms with van der Waals surface area (Å²) in [4.78, 5) is 80.2. The predicted octanol–water partition coefficient (Wildman–Crippen LogP) is 5.72. The van der Waals surface area contributed by atoms with Gasteiger partial charge < -0.3 is 40.1 Å². The second-order valence-corrected chi connectivity index (χ2v) is 19.5. The molecule has 10 atom stereocenters. The van der Waals surface area contributed by atoms with Gasteiger partial charge in [-0.3, -0.25) is 24.0 Å². The Labute approximate surface area is 382 Å². The van der Waals surface area contributed by atoms with Crippen molar-refractivity contribution >= 4 is 40.9 Å². The average Bonchev–Trinajstić information content (AvgIpc) is 3.98. The summed E-state index contributed by atoms with van der Waals surface area (Å²) in [7, 11) is 8.26. The van der Waals surface area contributed by atoms with Crippen LogP contribution in [-0.4, -0.2) is 134 Å². The maximum Gasteiger partial charge on any atom is 0.245 e. The standard InChI is InChI=1S/C48H79N7O7S/c1-15-32(8)42(54(12)48(60)40(30(4)5)52-45(58)41(31(6)7)53(11)47(59)36(49-10)26-29(2)3)38(61-13)28-39(56)55-24-19-22-37(55)43(62-14)33(9)44(57)51-35(46-50-23-25-63-46)27-34-20-17-16-18-21-34/h16-18,20-21,23,25,29-33,35-38,40-43,49H,15,19,22,24,26-28H2,1-14H3,(H,51,57)(H,52,58)/t32-,33+,35-,36?,37?,38+,40?,41?,42-,43+/m0/s1. The van der Waals surface area contributed by atoms with Crippen molar-refractivity contribution in [2.45, 2.75) is 149 Å². The number of methoxy groups -OCH3 is 2. The molecule has 0 radical (unpaired) electrons. The van der Waals surface area contributed by atoms with Crippen LogP contribution in [-0.2, 0) is 39.9 Å². The fraction of sp³-hybridized carbons (Fsp3) is 0.708. The Kier molecular flexibility index (Phi) is 21.7. The van der Waals surface area contributed by atoms with Crippen molar-refractivity contribution < 1.29 is 33.4 Å². The summed E-state index contributed by atoms with van der Waals surface area (Å²) in [6.07, 6.45) is 3.85. The van der Waals surface area contributed by atoms with Crippen molar-refractivity contribution in [3.63, 3.8) is 0 Å². The molecular formula is C48H79N7O7S. The van der Waals surface area contributed by atoms with E-state index in [1.165, 1.54) is 16.2 Å². The highest BCUT2D eigenvalue weighted by Crippen LogP contribution is 2.31. The summed E-state index contributed by atoms with van der Waals surface area (Å²) in [5.74, 6) is -2.09. The lowest BCUT2D eigenvalue weighted by atomic mass is 9.89. The van der Waals surface area contributed by atoms with E-state index in [4.69, 9.17) is 9.47 Å². The zero-order valence-corrected chi connectivity index (χ0v) is 41.4. The Balaban J connectivity index is 1.81. The maximum atomic E-state index is 14.6. The molecule has 15 heteroatoms. The van der Waals surface area contributed by atoms with E-state index >= 15 is 0 Å². The fourth-order valence-electron chi connectivity index (χ4n) is 9.16. The van der Waals surface area contributed by atoms with Gasteiger partial charge in [0, 0.05) is 46.4 Å². The molecule has 2 heterocycles. The number of thiazole rings is 1. The summed E-state index contributed by atoms with van der Waals surface area (Å²) in [6, 6.07) is 6.66. The molecule has 1 aromatic heterocycles. The van der Waals surface area contributed by atoms with E-state index in [-0.39, 0.29) is 65.8 Å². The summed E-state index contributed by atoms with van der Waals surface area (Å²) in [5, 5.41) is 12.1. The van der Waals surface area contributed by atoms with E-state index < -0.39 is 48.2 Å². The minimum absolute atomic E-state index is 0.00385. The molecule has 1 fully saturated rings. The number of amides is 5. The summed E-state index contributed by atoms with van der Waals surface area (Å²) < 4.78 is 12.2. The molecule has 1 aliphatic rings. The molecule has 1 saturated heterocycles. The van der Waals surface area contributed by atoms with E-state index in [2.05, 4.69) is 20.9 Å². The zero-order chi connectivity index (χ0) is 47.1. The molecule has 63 heavy (non-hydrogen) atoms. The van der Waals surface area contributed by atoms with Gasteiger partial charge in [-0.2, -0.15) is 0 Å². The molecule has 14 nitrogen and oxygen atoms in total. The first kappa shape index (κ1) is 53.4.